The summed E-state index contributed by atoms with van der Waals surface area (Å²) in [4.78, 5) is 9.76. The zero-order chi connectivity index (χ0) is 5.70. The fourth-order valence-corrected chi connectivity index (χ4v) is 0.464. The van der Waals surface area contributed by atoms with E-state index < -0.39 is 5.43 Å². The summed E-state index contributed by atoms with van der Waals surface area (Å²) in [7, 11) is 1.06. The Bertz CT molecular complexity index is 66.0. The highest BCUT2D eigenvalue weighted by Crippen LogP contribution is 1.86. The molecule has 0 radical (unpaired) electrons. The fraction of sp³-hybridized carbons (Fsp3) is 0.667. The molecular weight excluding hydrogens is 132 g/mol. The Morgan fingerprint density at radius 2 is 2.43 bits per heavy atom. The largest absolute Gasteiger partial charge is 0.454 e. The van der Waals surface area contributed by atoms with E-state index in [4.69, 9.17) is 11.6 Å². The summed E-state index contributed by atoms with van der Waals surface area (Å²) in [5.74, 6) is 0. The molecule has 0 aliphatic heterocycles. The molecule has 4 heteroatoms. The molecule has 0 saturated carbocycles. The van der Waals surface area contributed by atoms with Gasteiger partial charge in [-0.1, -0.05) is 0 Å². The highest BCUT2D eigenvalue weighted by Gasteiger charge is 1.89. The van der Waals surface area contributed by atoms with Crippen molar-refractivity contribution in [3.63, 3.8) is 0 Å². The van der Waals surface area contributed by atoms with Crippen LogP contribution in [0.25, 0.3) is 0 Å². The molecule has 0 spiro atoms. The Morgan fingerprint density at radius 1 is 1.86 bits per heavy atom. The monoisotopic (exact) mass is 138 g/mol. The second-order valence-electron chi connectivity index (χ2n) is 1.09. The van der Waals surface area contributed by atoms with Crippen molar-refractivity contribution in [2.75, 3.05) is 6.61 Å². The Labute approximate surface area is 50.2 Å². The summed E-state index contributed by atoms with van der Waals surface area (Å²) in [5, 5.41) is 0. The molecule has 0 rings (SSSR count). The molecule has 0 bridgehead atoms. The van der Waals surface area contributed by atoms with E-state index in [0.717, 1.165) is 16.3 Å². The summed E-state index contributed by atoms with van der Waals surface area (Å²) >= 11 is 4.81. The average Bonchev–Trinajstić information content (AvgIpc) is 1.61. The van der Waals surface area contributed by atoms with Crippen molar-refractivity contribution in [3.8, 4) is 0 Å². The molecule has 0 unspecified atom stereocenters. The van der Waals surface area contributed by atoms with Crippen molar-refractivity contribution in [3.05, 3.63) is 0 Å². The van der Waals surface area contributed by atoms with Gasteiger partial charge >= 0.3 is 5.43 Å². The number of ether oxygens (including phenoxy) is 1. The molecule has 0 N–H and O–H groups in total. The summed E-state index contributed by atoms with van der Waals surface area (Å²) in [6.45, 7) is 0.481. The number of carbonyl (C=O) groups is 1. The average molecular weight is 139 g/mol. The molecule has 2 nitrogen and oxygen atoms in total. The first kappa shape index (κ1) is 6.98. The third-order valence-electron chi connectivity index (χ3n) is 0.420. The van der Waals surface area contributed by atoms with E-state index in [9.17, 15) is 4.79 Å². The van der Waals surface area contributed by atoms with Gasteiger partial charge in [0.25, 0.3) is 0 Å². The van der Waals surface area contributed by atoms with Crippen molar-refractivity contribution >= 4 is 27.3 Å². The van der Waals surface area contributed by atoms with Gasteiger partial charge in [-0.05, 0) is 6.04 Å². The maximum atomic E-state index is 9.76. The van der Waals surface area contributed by atoms with E-state index >= 15 is 0 Å². The first-order chi connectivity index (χ1) is 3.27. The highest BCUT2D eigenvalue weighted by molar-refractivity contribution is 6.61. The van der Waals surface area contributed by atoms with E-state index in [-0.39, 0.29) is 0 Å². The van der Waals surface area contributed by atoms with Crippen LogP contribution in [-0.2, 0) is 4.74 Å². The molecule has 7 heavy (non-hydrogen) atoms. The topological polar surface area (TPSA) is 26.3 Å². The quantitative estimate of drug-likeness (QED) is 0.401. The highest BCUT2D eigenvalue weighted by atomic mass is 35.5. The number of halogens is 1. The van der Waals surface area contributed by atoms with Gasteiger partial charge in [-0.25, -0.2) is 4.79 Å². The molecule has 42 valence electrons. The molecule has 0 saturated heterocycles. The third kappa shape index (κ3) is 5.98. The minimum Gasteiger partial charge on any atom is -0.454 e. The van der Waals surface area contributed by atoms with Gasteiger partial charge in [0.05, 0.1) is 6.61 Å². The standard InChI is InChI=1S/C3H7ClO2Si/c4-3(5)6-1-2-7/h1-2H2,7H3. The third-order valence-corrected chi connectivity index (χ3v) is 0.937. The van der Waals surface area contributed by atoms with Crippen LogP contribution in [0.5, 0.6) is 0 Å². The normalized spacial score (nSPS) is 8.71. The van der Waals surface area contributed by atoms with Crippen LogP contribution in [0.15, 0.2) is 0 Å². The van der Waals surface area contributed by atoms with Gasteiger partial charge in [-0.3, -0.25) is 0 Å². The lowest BCUT2D eigenvalue weighted by Gasteiger charge is -1.91. The summed E-state index contributed by atoms with van der Waals surface area (Å²) in [6.07, 6.45) is 0. The van der Waals surface area contributed by atoms with Crippen LogP contribution in [-0.4, -0.2) is 22.3 Å². The zero-order valence-electron chi connectivity index (χ0n) is 4.11. The molecule has 0 aliphatic carbocycles. The predicted octanol–water partition coefficient (Wildman–Crippen LogP) is 0.146. The first-order valence-corrected chi connectivity index (χ1v) is 3.89. The van der Waals surface area contributed by atoms with Crippen molar-refractivity contribution in [2.45, 2.75) is 6.04 Å². The maximum Gasteiger partial charge on any atom is 0.403 e. The van der Waals surface area contributed by atoms with Gasteiger partial charge in [0, 0.05) is 21.8 Å². The number of carbonyl (C=O) groups excluding carboxylic acids is 1. The number of hydrogen-bond acceptors (Lipinski definition) is 2. The van der Waals surface area contributed by atoms with Gasteiger partial charge in [0.1, 0.15) is 0 Å². The Balaban J connectivity index is 2.82. The molecule has 0 heterocycles. The summed E-state index contributed by atoms with van der Waals surface area (Å²) in [6, 6.07) is 0.957. The molecule has 0 fully saturated rings. The SMILES string of the molecule is O=C(Cl)OCC[SiH3]. The summed E-state index contributed by atoms with van der Waals surface area (Å²) in [5.41, 5.74) is -0.698. The van der Waals surface area contributed by atoms with E-state index in [2.05, 4.69) is 4.74 Å². The molecule has 0 amide bonds. The molecule has 0 atom stereocenters. The Morgan fingerprint density at radius 3 is 2.57 bits per heavy atom. The van der Waals surface area contributed by atoms with E-state index in [1.54, 1.807) is 0 Å². The molecule has 0 aromatic heterocycles. The van der Waals surface area contributed by atoms with Crippen LogP contribution < -0.4 is 0 Å². The van der Waals surface area contributed by atoms with Crippen molar-refractivity contribution in [1.82, 2.24) is 0 Å². The number of rotatable bonds is 2. The second-order valence-corrected chi connectivity index (χ2v) is 2.39. The van der Waals surface area contributed by atoms with Crippen LogP contribution in [0, 0.1) is 0 Å². The van der Waals surface area contributed by atoms with Crippen molar-refractivity contribution in [2.24, 2.45) is 0 Å². The minimum absolute atomic E-state index is 0.481. The van der Waals surface area contributed by atoms with Crippen LogP contribution in [0.4, 0.5) is 4.79 Å². The van der Waals surface area contributed by atoms with Crippen LogP contribution >= 0.6 is 11.6 Å². The Kier molecular flexibility index (Phi) is 4.13. The Hall–Kier alpha value is -0.0231. The lowest BCUT2D eigenvalue weighted by molar-refractivity contribution is 0.180. The summed E-state index contributed by atoms with van der Waals surface area (Å²) < 4.78 is 4.35. The zero-order valence-corrected chi connectivity index (χ0v) is 6.86. The lowest BCUT2D eigenvalue weighted by Crippen LogP contribution is -1.94. The van der Waals surface area contributed by atoms with Crippen molar-refractivity contribution < 1.29 is 9.53 Å². The van der Waals surface area contributed by atoms with Gasteiger partial charge in [0.2, 0.25) is 0 Å². The van der Waals surface area contributed by atoms with E-state index in [0.29, 0.717) is 6.61 Å². The molecule has 0 aromatic rings. The predicted molar refractivity (Wildman–Crippen MR) is 31.9 cm³/mol. The van der Waals surface area contributed by atoms with E-state index in [1.807, 2.05) is 0 Å². The van der Waals surface area contributed by atoms with Gasteiger partial charge < -0.3 is 4.74 Å². The van der Waals surface area contributed by atoms with Crippen LogP contribution in [0.3, 0.4) is 0 Å². The smallest absolute Gasteiger partial charge is 0.403 e. The van der Waals surface area contributed by atoms with Gasteiger partial charge in [-0.2, -0.15) is 0 Å². The van der Waals surface area contributed by atoms with Crippen molar-refractivity contribution in [1.29, 1.82) is 0 Å². The van der Waals surface area contributed by atoms with Gasteiger partial charge in [0.15, 0.2) is 0 Å². The number of hydrogen-bond donors (Lipinski definition) is 0. The maximum absolute atomic E-state index is 9.76. The molecule has 0 aliphatic rings. The first-order valence-electron chi connectivity index (χ1n) is 2.09. The fourth-order valence-electron chi connectivity index (χ4n) is 0.182. The van der Waals surface area contributed by atoms with Crippen LogP contribution in [0.2, 0.25) is 6.04 Å². The molecule has 0 aromatic carbocycles. The lowest BCUT2D eigenvalue weighted by atomic mass is 10.9. The molecular formula is C3H7ClO2Si. The van der Waals surface area contributed by atoms with E-state index in [1.165, 1.54) is 0 Å². The second kappa shape index (κ2) is 4.14. The van der Waals surface area contributed by atoms with Crippen LogP contribution in [0.1, 0.15) is 0 Å². The van der Waals surface area contributed by atoms with Gasteiger partial charge in [-0.15, -0.1) is 0 Å². The minimum atomic E-state index is -0.698.